The number of rotatable bonds is 7. The maximum atomic E-state index is 12.7. The first-order valence-electron chi connectivity index (χ1n) is 9.84. The van der Waals surface area contributed by atoms with E-state index >= 15 is 0 Å². The normalized spacial score (nSPS) is 12.0. The van der Waals surface area contributed by atoms with E-state index in [4.69, 9.17) is 11.6 Å². The zero-order valence-corrected chi connectivity index (χ0v) is 18.9. The van der Waals surface area contributed by atoms with E-state index in [9.17, 15) is 9.59 Å². The second-order valence-corrected chi connectivity index (χ2v) is 8.62. The van der Waals surface area contributed by atoms with Crippen molar-refractivity contribution in [1.29, 1.82) is 0 Å². The summed E-state index contributed by atoms with van der Waals surface area (Å²) in [6.07, 6.45) is 5.08. The molecule has 0 aliphatic heterocycles. The summed E-state index contributed by atoms with van der Waals surface area (Å²) in [5.74, 6) is -0.567. The Balaban J connectivity index is 1.36. The fourth-order valence-electron chi connectivity index (χ4n) is 3.16. The van der Waals surface area contributed by atoms with Crippen LogP contribution in [-0.2, 0) is 13.5 Å². The molecule has 0 spiro atoms. The van der Waals surface area contributed by atoms with Gasteiger partial charge >= 0.3 is 0 Å². The van der Waals surface area contributed by atoms with Crippen LogP contribution in [0.15, 0.2) is 43.0 Å². The van der Waals surface area contributed by atoms with Gasteiger partial charge in [0.15, 0.2) is 5.65 Å². The van der Waals surface area contributed by atoms with Gasteiger partial charge < -0.3 is 10.6 Å². The highest BCUT2D eigenvalue weighted by molar-refractivity contribution is 7.13. The zero-order chi connectivity index (χ0) is 22.7. The number of nitrogens with one attached hydrogen (secondary N) is 2. The molecule has 0 bridgehead atoms. The number of hydrogen-bond acceptors (Lipinski definition) is 7. The third kappa shape index (κ3) is 4.76. The first-order valence-corrected chi connectivity index (χ1v) is 11.0. The predicted molar refractivity (Wildman–Crippen MR) is 122 cm³/mol. The molecule has 4 aromatic rings. The van der Waals surface area contributed by atoms with E-state index in [0.717, 1.165) is 5.56 Å². The van der Waals surface area contributed by atoms with Gasteiger partial charge in [0.25, 0.3) is 11.8 Å². The summed E-state index contributed by atoms with van der Waals surface area (Å²) in [5.41, 5.74) is 1.86. The van der Waals surface area contributed by atoms with Gasteiger partial charge in [-0.1, -0.05) is 23.7 Å². The minimum Gasteiger partial charge on any atom is -0.351 e. The molecule has 11 heteroatoms. The number of aromatic nitrogens is 5. The van der Waals surface area contributed by atoms with E-state index in [-0.39, 0.29) is 17.5 Å². The van der Waals surface area contributed by atoms with Crippen LogP contribution < -0.4 is 10.6 Å². The van der Waals surface area contributed by atoms with Crippen LogP contribution in [0.1, 0.15) is 43.7 Å². The maximum absolute atomic E-state index is 12.7. The molecule has 0 saturated carbocycles. The molecule has 1 aromatic carbocycles. The number of thiazole rings is 1. The fraction of sp³-hybridized carbons (Fsp3) is 0.238. The highest BCUT2D eigenvalue weighted by Gasteiger charge is 2.20. The summed E-state index contributed by atoms with van der Waals surface area (Å²) < 4.78 is 1.58. The van der Waals surface area contributed by atoms with Crippen molar-refractivity contribution in [2.45, 2.75) is 19.4 Å². The lowest BCUT2D eigenvalue weighted by atomic mass is 10.1. The number of fused-ring (bicyclic) bond motifs is 1. The summed E-state index contributed by atoms with van der Waals surface area (Å²) >= 11 is 7.22. The topological polar surface area (TPSA) is 115 Å². The van der Waals surface area contributed by atoms with Gasteiger partial charge in [0.2, 0.25) is 0 Å². The van der Waals surface area contributed by atoms with Crippen LogP contribution in [0, 0.1) is 0 Å². The van der Waals surface area contributed by atoms with Crippen molar-refractivity contribution in [3.63, 3.8) is 0 Å². The number of aryl methyl sites for hydroxylation is 1. The Kier molecular flexibility index (Phi) is 6.42. The van der Waals surface area contributed by atoms with Crippen LogP contribution in [-0.4, -0.2) is 43.1 Å². The third-order valence-corrected chi connectivity index (χ3v) is 6.21. The van der Waals surface area contributed by atoms with E-state index < -0.39 is 6.04 Å². The molecule has 32 heavy (non-hydrogen) atoms. The van der Waals surface area contributed by atoms with Gasteiger partial charge in [0.1, 0.15) is 21.9 Å². The molecule has 164 valence electrons. The molecule has 3 aromatic heterocycles. The average molecular weight is 470 g/mol. The summed E-state index contributed by atoms with van der Waals surface area (Å²) in [6, 6.07) is 7.13. The summed E-state index contributed by atoms with van der Waals surface area (Å²) in [4.78, 5) is 38.2. The first-order chi connectivity index (χ1) is 15.4. The summed E-state index contributed by atoms with van der Waals surface area (Å²) in [6.45, 7) is 2.28. The van der Waals surface area contributed by atoms with Crippen LogP contribution in [0.25, 0.3) is 11.0 Å². The smallest absolute Gasteiger partial charge is 0.271 e. The lowest BCUT2D eigenvalue weighted by Crippen LogP contribution is -2.27. The number of carbonyl (C=O) groups excluding carboxylic acids is 2. The lowest BCUT2D eigenvalue weighted by molar-refractivity contribution is 0.0933. The molecular weight excluding hydrogens is 450 g/mol. The second kappa shape index (κ2) is 9.41. The minimum absolute atomic E-state index is 0.206. The Morgan fingerprint density at radius 2 is 2.03 bits per heavy atom. The highest BCUT2D eigenvalue weighted by Crippen LogP contribution is 2.21. The third-order valence-electron chi connectivity index (χ3n) is 4.80. The minimum atomic E-state index is -0.401. The van der Waals surface area contributed by atoms with Crippen molar-refractivity contribution < 1.29 is 9.59 Å². The standard InChI is InChI=1S/C21H20ClN7O2S/c1-12(28-20(31)17-15-9-27-29(2)18(15)26-11-25-17)21-24-10-16(32-21)19(30)23-7-6-13-4-3-5-14(22)8-13/h3-5,8-12H,6-7H2,1-2H3,(H,23,30)(H,28,31). The fourth-order valence-corrected chi connectivity index (χ4v) is 4.21. The molecule has 3 heterocycles. The highest BCUT2D eigenvalue weighted by atomic mass is 35.5. The Hall–Kier alpha value is -3.37. The monoisotopic (exact) mass is 469 g/mol. The van der Waals surface area contributed by atoms with Gasteiger partial charge in [0, 0.05) is 18.6 Å². The first kappa shape index (κ1) is 21.8. The number of nitrogens with zero attached hydrogens (tertiary/aromatic N) is 5. The average Bonchev–Trinajstić information content (AvgIpc) is 3.41. The van der Waals surface area contributed by atoms with Crippen LogP contribution in [0.4, 0.5) is 0 Å². The number of hydrogen-bond donors (Lipinski definition) is 2. The Morgan fingerprint density at radius 1 is 1.19 bits per heavy atom. The lowest BCUT2D eigenvalue weighted by Gasteiger charge is -2.11. The van der Waals surface area contributed by atoms with Crippen LogP contribution in [0.2, 0.25) is 5.02 Å². The SMILES string of the molecule is CC(NC(=O)c1ncnc2c1cnn2C)c1ncc(C(=O)NCCc2cccc(Cl)c2)s1. The Morgan fingerprint density at radius 3 is 2.84 bits per heavy atom. The van der Waals surface area contributed by atoms with E-state index in [0.29, 0.717) is 38.9 Å². The molecule has 1 unspecified atom stereocenters. The van der Waals surface area contributed by atoms with Crippen molar-refractivity contribution in [3.8, 4) is 0 Å². The molecule has 0 saturated heterocycles. The molecular formula is C21H20ClN7O2S. The molecule has 0 aliphatic rings. The molecule has 1 atom stereocenters. The molecule has 2 N–H and O–H groups in total. The number of halogens is 1. The summed E-state index contributed by atoms with van der Waals surface area (Å²) in [7, 11) is 1.75. The summed E-state index contributed by atoms with van der Waals surface area (Å²) in [5, 5.41) is 11.7. The van der Waals surface area contributed by atoms with Gasteiger partial charge in [-0.3, -0.25) is 14.3 Å². The number of benzene rings is 1. The van der Waals surface area contributed by atoms with Crippen molar-refractivity contribution in [2.24, 2.45) is 7.05 Å². The number of amides is 2. The van der Waals surface area contributed by atoms with E-state index in [1.807, 2.05) is 24.3 Å². The second-order valence-electron chi connectivity index (χ2n) is 7.12. The van der Waals surface area contributed by atoms with Crippen molar-refractivity contribution >= 4 is 45.8 Å². The van der Waals surface area contributed by atoms with Gasteiger partial charge in [-0.2, -0.15) is 5.10 Å². The van der Waals surface area contributed by atoms with Crippen LogP contribution in [0.3, 0.4) is 0 Å². The Labute approximate surface area is 192 Å². The molecule has 4 rings (SSSR count). The van der Waals surface area contributed by atoms with Gasteiger partial charge in [-0.15, -0.1) is 11.3 Å². The van der Waals surface area contributed by atoms with Crippen molar-refractivity contribution in [1.82, 2.24) is 35.4 Å². The number of carbonyl (C=O) groups is 2. The van der Waals surface area contributed by atoms with Gasteiger partial charge in [0.05, 0.1) is 23.8 Å². The van der Waals surface area contributed by atoms with Gasteiger partial charge in [-0.25, -0.2) is 15.0 Å². The zero-order valence-electron chi connectivity index (χ0n) is 17.4. The largest absolute Gasteiger partial charge is 0.351 e. The van der Waals surface area contributed by atoms with Crippen LogP contribution in [0.5, 0.6) is 0 Å². The Bertz CT molecular complexity index is 1290. The van der Waals surface area contributed by atoms with Crippen molar-refractivity contribution in [2.75, 3.05) is 6.54 Å². The molecule has 0 aliphatic carbocycles. The van der Waals surface area contributed by atoms with E-state index in [1.165, 1.54) is 23.9 Å². The molecule has 0 fully saturated rings. The van der Waals surface area contributed by atoms with E-state index in [2.05, 4.69) is 30.7 Å². The molecule has 0 radical (unpaired) electrons. The van der Waals surface area contributed by atoms with E-state index in [1.54, 1.807) is 24.9 Å². The van der Waals surface area contributed by atoms with Crippen molar-refractivity contribution in [3.05, 3.63) is 69.2 Å². The predicted octanol–water partition coefficient (Wildman–Crippen LogP) is 2.94. The quantitative estimate of drug-likeness (QED) is 0.430. The molecule has 9 nitrogen and oxygen atoms in total. The van der Waals surface area contributed by atoms with Crippen LogP contribution >= 0.6 is 22.9 Å². The van der Waals surface area contributed by atoms with Gasteiger partial charge in [-0.05, 0) is 31.0 Å². The molecule has 2 amide bonds. The maximum Gasteiger partial charge on any atom is 0.271 e.